The van der Waals surface area contributed by atoms with E-state index in [0.717, 1.165) is 24.2 Å². The van der Waals surface area contributed by atoms with Gasteiger partial charge in [-0.15, -0.1) is 11.3 Å². The van der Waals surface area contributed by atoms with Gasteiger partial charge in [-0.1, -0.05) is 24.3 Å². The van der Waals surface area contributed by atoms with E-state index in [0.29, 0.717) is 63.3 Å². The molecule has 2 aromatic heterocycles. The largest absolute Gasteiger partial charge is 0.457 e. The highest BCUT2D eigenvalue weighted by Crippen LogP contribution is 2.47. The number of hydrogen-bond acceptors (Lipinski definition) is 7. The minimum absolute atomic E-state index is 0.130. The van der Waals surface area contributed by atoms with E-state index < -0.39 is 5.91 Å². The summed E-state index contributed by atoms with van der Waals surface area (Å²) in [6, 6.07) is 18.2. The normalized spacial score (nSPS) is 17.8. The summed E-state index contributed by atoms with van der Waals surface area (Å²) < 4.78 is 5.97. The summed E-state index contributed by atoms with van der Waals surface area (Å²) in [7, 11) is 0. The van der Waals surface area contributed by atoms with E-state index in [1.165, 1.54) is 11.3 Å². The van der Waals surface area contributed by atoms with Crippen molar-refractivity contribution in [3.8, 4) is 17.6 Å². The van der Waals surface area contributed by atoms with Crippen molar-refractivity contribution in [2.45, 2.75) is 32.2 Å². The molecule has 0 radical (unpaired) electrons. The number of allylic oxidation sites excluding steroid dienone is 1. The zero-order chi connectivity index (χ0) is 30.4. The molecule has 3 aliphatic rings. The first-order valence-corrected chi connectivity index (χ1v) is 15.3. The second-order valence-corrected chi connectivity index (χ2v) is 12.2. The van der Waals surface area contributed by atoms with Crippen LogP contribution in [0.1, 0.15) is 34.5 Å². The summed E-state index contributed by atoms with van der Waals surface area (Å²) in [6.45, 7) is 2.68. The van der Waals surface area contributed by atoms with Gasteiger partial charge in [-0.05, 0) is 74.1 Å². The number of nitriles is 1. The maximum absolute atomic E-state index is 13.8. The molecule has 1 unspecified atom stereocenters. The molecule has 2 fully saturated rings. The van der Waals surface area contributed by atoms with Gasteiger partial charge in [-0.3, -0.25) is 14.5 Å². The highest BCUT2D eigenvalue weighted by Gasteiger charge is 2.36. The van der Waals surface area contributed by atoms with Crippen LogP contribution < -0.4 is 20.3 Å². The van der Waals surface area contributed by atoms with Crippen molar-refractivity contribution < 1.29 is 19.1 Å². The van der Waals surface area contributed by atoms with Crippen LogP contribution in [0, 0.1) is 24.2 Å². The van der Waals surface area contributed by atoms with E-state index in [-0.39, 0.29) is 23.6 Å². The summed E-state index contributed by atoms with van der Waals surface area (Å²) in [6.07, 6.45) is 5.96. The summed E-state index contributed by atoms with van der Waals surface area (Å²) in [5.41, 5.74) is 2.75. The van der Waals surface area contributed by atoms with Gasteiger partial charge in [-0.25, -0.2) is 9.78 Å². The van der Waals surface area contributed by atoms with Crippen LogP contribution in [0.3, 0.4) is 0 Å². The number of benzene rings is 2. The number of likely N-dealkylation sites (tertiary alicyclic amines) is 1. The molecular formula is C33H28N6O4S. The number of anilines is 3. The molecule has 1 atom stereocenters. The second kappa shape index (κ2) is 11.1. The Balaban J connectivity index is 1.13. The molecule has 4 amide bonds. The fourth-order valence-electron chi connectivity index (χ4n) is 5.67. The molecule has 0 bridgehead atoms. The van der Waals surface area contributed by atoms with Gasteiger partial charge in [0.1, 0.15) is 32.8 Å². The van der Waals surface area contributed by atoms with Crippen LogP contribution in [-0.2, 0) is 4.79 Å². The van der Waals surface area contributed by atoms with Crippen molar-refractivity contribution in [3.63, 3.8) is 0 Å². The molecule has 2 aromatic carbocycles. The lowest BCUT2D eigenvalue weighted by atomic mass is 10.1. The minimum atomic E-state index is -0.396. The molecule has 0 spiro atoms. The summed E-state index contributed by atoms with van der Waals surface area (Å²) in [5.74, 6) is 1.06. The maximum Gasteiger partial charge on any atom is 0.331 e. The van der Waals surface area contributed by atoms with Crippen LogP contribution in [0.4, 0.5) is 21.9 Å². The first kappa shape index (κ1) is 27.6. The fraction of sp³-hybridized carbons (Fsp3) is 0.242. The number of thiophene rings is 1. The number of carbonyl (C=O) groups excluding carboxylic acids is 3. The fourth-order valence-corrected chi connectivity index (χ4v) is 6.76. The molecule has 7 rings (SSSR count). The predicted octanol–water partition coefficient (Wildman–Crippen LogP) is 6.27. The van der Waals surface area contributed by atoms with E-state index in [1.807, 2.05) is 61.5 Å². The third-order valence-corrected chi connectivity index (χ3v) is 9.11. The van der Waals surface area contributed by atoms with Crippen LogP contribution in [0.15, 0.2) is 72.4 Å². The van der Waals surface area contributed by atoms with Crippen LogP contribution >= 0.6 is 11.3 Å². The second-order valence-electron chi connectivity index (χ2n) is 11.2. The number of rotatable bonds is 7. The molecule has 4 aromatic rings. The van der Waals surface area contributed by atoms with Crippen LogP contribution in [-0.4, -0.2) is 46.9 Å². The van der Waals surface area contributed by atoms with Crippen LogP contribution in [0.5, 0.6) is 11.5 Å². The third-order valence-electron chi connectivity index (χ3n) is 8.03. The van der Waals surface area contributed by atoms with Gasteiger partial charge in [0, 0.05) is 25.3 Å². The first-order valence-electron chi connectivity index (χ1n) is 14.5. The molecule has 1 saturated carbocycles. The van der Waals surface area contributed by atoms with Crippen LogP contribution in [0.2, 0.25) is 0 Å². The lowest BCUT2D eigenvalue weighted by Crippen LogP contribution is -2.39. The summed E-state index contributed by atoms with van der Waals surface area (Å²) >= 11 is 1.24. The maximum atomic E-state index is 13.8. The van der Waals surface area contributed by atoms with E-state index in [2.05, 4.69) is 15.6 Å². The zero-order valence-corrected chi connectivity index (χ0v) is 24.7. The van der Waals surface area contributed by atoms with Crippen molar-refractivity contribution in [1.82, 2.24) is 15.2 Å². The number of amides is 4. The lowest BCUT2D eigenvalue weighted by Gasteiger charge is -2.30. The predicted molar refractivity (Wildman–Crippen MR) is 167 cm³/mol. The van der Waals surface area contributed by atoms with Crippen molar-refractivity contribution >= 4 is 56.5 Å². The Hall–Kier alpha value is -5.21. The number of ether oxygens (including phenoxy) is 1. The molecule has 44 heavy (non-hydrogen) atoms. The molecule has 220 valence electrons. The standard InChI is InChI=1S/C33H28N6O4S/c1-19-15-24(43-23-5-3-2-4-6-23)9-10-25(19)39-26-11-13-35-31-27(26)28(37-33(39)42)29(44-31)32(41)38-14-12-22(18-38)36-30(40)21(17-34)16-20-7-8-20/h2-6,9-11,13,15-16,20,22H,7-8,12,14,18H2,1H3,(H,36,40)(H,37,42)/b21-16+. The number of para-hydroxylation sites is 1. The minimum Gasteiger partial charge on any atom is -0.457 e. The Morgan fingerprint density at radius 2 is 1.93 bits per heavy atom. The molecule has 1 saturated heterocycles. The van der Waals surface area contributed by atoms with E-state index in [4.69, 9.17) is 4.74 Å². The SMILES string of the molecule is Cc1cc(Oc2ccccc2)ccc1N1C(=O)Nc2c(C(=O)N3CCC(NC(=O)/C(C#N)=C/C4CC4)C3)sc3nccc1c23. The average Bonchev–Trinajstić information content (AvgIpc) is 3.60. The van der Waals surface area contributed by atoms with Gasteiger partial charge >= 0.3 is 6.03 Å². The van der Waals surface area contributed by atoms with Gasteiger partial charge in [0.25, 0.3) is 11.8 Å². The number of nitrogens with one attached hydrogen (secondary N) is 2. The number of aryl methyl sites for hydroxylation is 1. The van der Waals surface area contributed by atoms with Crippen LogP contribution in [0.25, 0.3) is 10.2 Å². The van der Waals surface area contributed by atoms with E-state index >= 15 is 0 Å². The Morgan fingerprint density at radius 1 is 1.11 bits per heavy atom. The third kappa shape index (κ3) is 5.14. The average molecular weight is 605 g/mol. The summed E-state index contributed by atoms with van der Waals surface area (Å²) in [4.78, 5) is 48.9. The topological polar surface area (TPSA) is 128 Å². The van der Waals surface area contributed by atoms with Gasteiger partial charge in [0.15, 0.2) is 0 Å². The number of pyridine rings is 1. The van der Waals surface area contributed by atoms with Gasteiger partial charge < -0.3 is 20.3 Å². The lowest BCUT2D eigenvalue weighted by molar-refractivity contribution is -0.117. The number of hydrogen-bond donors (Lipinski definition) is 2. The Kier molecular flexibility index (Phi) is 6.98. The Morgan fingerprint density at radius 3 is 2.68 bits per heavy atom. The van der Waals surface area contributed by atoms with Crippen molar-refractivity contribution in [3.05, 3.63) is 82.9 Å². The smallest absolute Gasteiger partial charge is 0.331 e. The van der Waals surface area contributed by atoms with Gasteiger partial charge in [-0.2, -0.15) is 5.26 Å². The molecule has 11 heteroatoms. The first-order chi connectivity index (χ1) is 21.4. The van der Waals surface area contributed by atoms with Crippen molar-refractivity contribution in [2.24, 2.45) is 5.92 Å². The highest BCUT2D eigenvalue weighted by atomic mass is 32.1. The Bertz CT molecular complexity index is 1890. The van der Waals surface area contributed by atoms with Crippen molar-refractivity contribution in [1.29, 1.82) is 5.26 Å². The van der Waals surface area contributed by atoms with Gasteiger partial charge in [0.2, 0.25) is 0 Å². The Labute approximate surface area is 257 Å². The van der Waals surface area contributed by atoms with E-state index in [1.54, 1.807) is 28.1 Å². The number of carbonyl (C=O) groups is 3. The number of urea groups is 1. The number of nitrogens with zero attached hydrogens (tertiary/aromatic N) is 4. The highest BCUT2D eigenvalue weighted by molar-refractivity contribution is 7.21. The van der Waals surface area contributed by atoms with Gasteiger partial charge in [0.05, 0.1) is 22.4 Å². The molecule has 2 aliphatic heterocycles. The molecule has 2 N–H and O–H groups in total. The van der Waals surface area contributed by atoms with E-state index in [9.17, 15) is 19.6 Å². The molecular weight excluding hydrogens is 576 g/mol. The molecule has 10 nitrogen and oxygen atoms in total. The van der Waals surface area contributed by atoms with Crippen molar-refractivity contribution in [2.75, 3.05) is 23.3 Å². The number of aromatic nitrogens is 1. The monoisotopic (exact) mass is 604 g/mol. The molecule has 1 aliphatic carbocycles. The molecule has 4 heterocycles. The summed E-state index contributed by atoms with van der Waals surface area (Å²) in [5, 5.41) is 16.0. The quantitative estimate of drug-likeness (QED) is 0.189. The zero-order valence-electron chi connectivity index (χ0n) is 23.9.